The Balaban J connectivity index is 1.45. The number of nitrogens with zero attached hydrogens (tertiary/aromatic N) is 6. The molecule has 1 saturated heterocycles. The molecule has 0 bridgehead atoms. The summed E-state index contributed by atoms with van der Waals surface area (Å²) in [5.74, 6) is -0.0777. The number of benzene rings is 2. The van der Waals surface area contributed by atoms with Gasteiger partial charge < -0.3 is 14.2 Å². The molecule has 0 radical (unpaired) electrons. The fraction of sp³-hybridized carbons (Fsp3) is 0.261. The van der Waals surface area contributed by atoms with Gasteiger partial charge in [-0.15, -0.1) is 0 Å². The maximum Gasteiger partial charge on any atom is 0.256 e. The number of para-hydroxylation sites is 2. The van der Waals surface area contributed by atoms with Crippen molar-refractivity contribution in [2.24, 2.45) is 0 Å². The molecule has 33 heavy (non-hydrogen) atoms. The van der Waals surface area contributed by atoms with Gasteiger partial charge in [-0.2, -0.15) is 20.0 Å². The van der Waals surface area contributed by atoms with Crippen LogP contribution in [-0.4, -0.2) is 49.1 Å². The van der Waals surface area contributed by atoms with Gasteiger partial charge in [-0.1, -0.05) is 23.4 Å². The summed E-state index contributed by atoms with van der Waals surface area (Å²) in [6.07, 6.45) is 4.59. The number of likely N-dealkylation sites (tertiary alicyclic amines) is 1. The minimum absolute atomic E-state index is 0.0763. The first-order valence-corrected chi connectivity index (χ1v) is 10.7. The molecule has 0 aliphatic carbocycles. The lowest BCUT2D eigenvalue weighted by molar-refractivity contribution is 0.0709. The fourth-order valence-electron chi connectivity index (χ4n) is 4.05. The topological polar surface area (TPSA) is 99.2 Å². The monoisotopic (exact) mass is 448 g/mol. The predicted octanol–water partition coefficient (Wildman–Crippen LogP) is 3.83. The lowest BCUT2D eigenvalue weighted by atomic mass is 10.1. The number of aromatic nitrogens is 5. The first-order valence-electron chi connectivity index (χ1n) is 10.7. The molecule has 1 unspecified atom stereocenters. The van der Waals surface area contributed by atoms with Gasteiger partial charge in [-0.3, -0.25) is 4.79 Å². The Morgan fingerprint density at radius 2 is 2.00 bits per heavy atom. The molecular weight excluding hydrogens is 427 g/mol. The quantitative estimate of drug-likeness (QED) is 0.442. The Morgan fingerprint density at radius 1 is 1.18 bits per heavy atom. The van der Waals surface area contributed by atoms with Crippen LogP contribution in [0.4, 0.5) is 4.39 Å². The Bertz CT molecular complexity index is 1270. The van der Waals surface area contributed by atoms with Crippen LogP contribution in [0.5, 0.6) is 5.75 Å². The SMILES string of the molecule is CCOc1c(F)cccc1-c1noc(C2CCCN2C(=O)c2ccccc2-n2nccn2)n1. The molecule has 1 atom stereocenters. The molecule has 3 heterocycles. The molecule has 5 rings (SSSR count). The smallest absolute Gasteiger partial charge is 0.256 e. The van der Waals surface area contributed by atoms with E-state index in [1.807, 2.05) is 6.07 Å². The van der Waals surface area contributed by atoms with Gasteiger partial charge >= 0.3 is 0 Å². The third-order valence-electron chi connectivity index (χ3n) is 5.51. The second kappa shape index (κ2) is 8.81. The summed E-state index contributed by atoms with van der Waals surface area (Å²) < 4.78 is 25.2. The highest BCUT2D eigenvalue weighted by Gasteiger charge is 2.36. The molecular formula is C23H21FN6O3. The first-order chi connectivity index (χ1) is 16.2. The lowest BCUT2D eigenvalue weighted by Crippen LogP contribution is -2.31. The van der Waals surface area contributed by atoms with Crippen molar-refractivity contribution in [3.8, 4) is 22.8 Å². The molecule has 10 heteroatoms. The number of carbonyl (C=O) groups is 1. The number of halogens is 1. The molecule has 4 aromatic rings. The molecule has 0 spiro atoms. The number of ether oxygens (including phenoxy) is 1. The summed E-state index contributed by atoms with van der Waals surface area (Å²) in [5.41, 5.74) is 1.47. The van der Waals surface area contributed by atoms with Crippen LogP contribution >= 0.6 is 0 Å². The van der Waals surface area contributed by atoms with E-state index >= 15 is 0 Å². The number of hydrogen-bond acceptors (Lipinski definition) is 7. The van der Waals surface area contributed by atoms with Crippen LogP contribution in [0.25, 0.3) is 17.1 Å². The number of carbonyl (C=O) groups excluding carboxylic acids is 1. The largest absolute Gasteiger partial charge is 0.490 e. The van der Waals surface area contributed by atoms with Gasteiger partial charge in [0.05, 0.1) is 35.8 Å². The van der Waals surface area contributed by atoms with Gasteiger partial charge in [0.2, 0.25) is 11.7 Å². The fourth-order valence-corrected chi connectivity index (χ4v) is 4.05. The minimum atomic E-state index is -0.498. The van der Waals surface area contributed by atoms with Crippen molar-refractivity contribution in [2.45, 2.75) is 25.8 Å². The highest BCUT2D eigenvalue weighted by molar-refractivity contribution is 5.98. The maximum atomic E-state index is 14.3. The molecule has 9 nitrogen and oxygen atoms in total. The van der Waals surface area contributed by atoms with E-state index in [-0.39, 0.29) is 23.5 Å². The van der Waals surface area contributed by atoms with Gasteiger partial charge in [0, 0.05) is 6.54 Å². The van der Waals surface area contributed by atoms with Crippen molar-refractivity contribution < 1.29 is 18.4 Å². The van der Waals surface area contributed by atoms with E-state index in [9.17, 15) is 9.18 Å². The number of rotatable bonds is 6. The van der Waals surface area contributed by atoms with Gasteiger partial charge in [0.25, 0.3) is 5.91 Å². The molecule has 1 aliphatic heterocycles. The minimum Gasteiger partial charge on any atom is -0.490 e. The standard InChI is InChI=1S/C23H21FN6O3/c1-2-32-20-16(8-5-9-17(20)24)21-27-22(33-28-21)19-11-6-14-29(19)23(31)15-7-3-4-10-18(15)30-25-12-13-26-30/h3-5,7-10,12-13,19H,2,6,11,14H2,1H3. The number of amides is 1. The first kappa shape index (κ1) is 20.8. The normalized spacial score (nSPS) is 15.7. The van der Waals surface area contributed by atoms with Crippen molar-refractivity contribution in [2.75, 3.05) is 13.2 Å². The Labute approximate surface area is 188 Å². The molecule has 1 amide bonds. The van der Waals surface area contributed by atoms with E-state index in [0.29, 0.717) is 42.3 Å². The summed E-state index contributed by atoms with van der Waals surface area (Å²) in [4.78, 5) is 21.1. The van der Waals surface area contributed by atoms with Crippen LogP contribution in [0.15, 0.2) is 59.4 Å². The van der Waals surface area contributed by atoms with E-state index in [1.165, 1.54) is 10.9 Å². The van der Waals surface area contributed by atoms with E-state index in [1.54, 1.807) is 54.5 Å². The van der Waals surface area contributed by atoms with Crippen LogP contribution in [0.3, 0.4) is 0 Å². The molecule has 1 aliphatic rings. The second-order valence-corrected chi connectivity index (χ2v) is 7.50. The zero-order chi connectivity index (χ0) is 22.8. The van der Waals surface area contributed by atoms with Crippen LogP contribution in [-0.2, 0) is 0 Å². The molecule has 168 valence electrons. The van der Waals surface area contributed by atoms with Crippen molar-refractivity contribution in [1.82, 2.24) is 30.0 Å². The van der Waals surface area contributed by atoms with Crippen molar-refractivity contribution in [3.05, 3.63) is 72.1 Å². The molecule has 0 N–H and O–H groups in total. The second-order valence-electron chi connectivity index (χ2n) is 7.50. The summed E-state index contributed by atoms with van der Waals surface area (Å²) in [6.45, 7) is 2.62. The van der Waals surface area contributed by atoms with Crippen LogP contribution in [0.1, 0.15) is 42.1 Å². The Kier molecular flexibility index (Phi) is 5.55. The summed E-state index contributed by atoms with van der Waals surface area (Å²) in [6, 6.07) is 11.3. The zero-order valence-electron chi connectivity index (χ0n) is 17.9. The van der Waals surface area contributed by atoms with E-state index < -0.39 is 5.82 Å². The highest BCUT2D eigenvalue weighted by Crippen LogP contribution is 2.36. The molecule has 2 aromatic carbocycles. The third-order valence-corrected chi connectivity index (χ3v) is 5.51. The van der Waals surface area contributed by atoms with Crippen LogP contribution in [0, 0.1) is 5.82 Å². The Hall–Kier alpha value is -4.08. The average molecular weight is 448 g/mol. The van der Waals surface area contributed by atoms with E-state index in [2.05, 4.69) is 20.3 Å². The summed E-state index contributed by atoms with van der Waals surface area (Å²) >= 11 is 0. The molecule has 0 saturated carbocycles. The zero-order valence-corrected chi connectivity index (χ0v) is 17.9. The van der Waals surface area contributed by atoms with Gasteiger partial charge in [-0.25, -0.2) is 4.39 Å². The predicted molar refractivity (Wildman–Crippen MR) is 115 cm³/mol. The average Bonchev–Trinajstić information content (AvgIpc) is 3.61. The van der Waals surface area contributed by atoms with Crippen molar-refractivity contribution in [3.63, 3.8) is 0 Å². The van der Waals surface area contributed by atoms with Gasteiger partial charge in [0.15, 0.2) is 11.6 Å². The third kappa shape index (κ3) is 3.84. The van der Waals surface area contributed by atoms with E-state index in [4.69, 9.17) is 9.26 Å². The van der Waals surface area contributed by atoms with Crippen LogP contribution in [0.2, 0.25) is 0 Å². The molecule has 1 fully saturated rings. The van der Waals surface area contributed by atoms with Crippen molar-refractivity contribution >= 4 is 5.91 Å². The van der Waals surface area contributed by atoms with Crippen LogP contribution < -0.4 is 4.74 Å². The maximum absolute atomic E-state index is 14.3. The Morgan fingerprint density at radius 3 is 2.82 bits per heavy atom. The highest BCUT2D eigenvalue weighted by atomic mass is 19.1. The number of hydrogen-bond donors (Lipinski definition) is 0. The van der Waals surface area contributed by atoms with Gasteiger partial charge in [0.1, 0.15) is 6.04 Å². The summed E-state index contributed by atoms with van der Waals surface area (Å²) in [7, 11) is 0. The van der Waals surface area contributed by atoms with Gasteiger partial charge in [-0.05, 0) is 44.0 Å². The molecule has 2 aromatic heterocycles. The lowest BCUT2D eigenvalue weighted by Gasteiger charge is -2.22. The summed E-state index contributed by atoms with van der Waals surface area (Å²) in [5, 5.41) is 12.3. The van der Waals surface area contributed by atoms with E-state index in [0.717, 1.165) is 6.42 Å². The van der Waals surface area contributed by atoms with Crippen molar-refractivity contribution in [1.29, 1.82) is 0 Å².